The SMILES string of the molecule is COc1ccc(C(=O)N(C)C(C)c2ccccc2)cc1S(=O)(=O)N1CC(C)CC(C)C1. The van der Waals surface area contributed by atoms with E-state index < -0.39 is 10.0 Å². The van der Waals surface area contributed by atoms with Crippen molar-refractivity contribution >= 4 is 15.9 Å². The molecule has 0 radical (unpaired) electrons. The van der Waals surface area contributed by atoms with Crippen molar-refractivity contribution in [2.24, 2.45) is 11.8 Å². The Bertz CT molecular complexity index is 1010. The zero-order valence-electron chi connectivity index (χ0n) is 18.9. The number of piperidine rings is 1. The van der Waals surface area contributed by atoms with Crippen molar-refractivity contribution in [3.05, 3.63) is 59.7 Å². The van der Waals surface area contributed by atoms with Crippen LogP contribution >= 0.6 is 0 Å². The van der Waals surface area contributed by atoms with Gasteiger partial charge in [-0.1, -0.05) is 44.2 Å². The van der Waals surface area contributed by atoms with Gasteiger partial charge >= 0.3 is 0 Å². The molecule has 168 valence electrons. The molecule has 6 nitrogen and oxygen atoms in total. The Morgan fingerprint density at radius 3 is 2.29 bits per heavy atom. The molecule has 1 fully saturated rings. The van der Waals surface area contributed by atoms with Gasteiger partial charge in [-0.15, -0.1) is 0 Å². The van der Waals surface area contributed by atoms with Crippen LogP contribution in [0.5, 0.6) is 5.75 Å². The van der Waals surface area contributed by atoms with Gasteiger partial charge in [0, 0.05) is 25.7 Å². The summed E-state index contributed by atoms with van der Waals surface area (Å²) in [6.07, 6.45) is 1.00. The first-order valence-corrected chi connectivity index (χ1v) is 12.1. The highest BCUT2D eigenvalue weighted by Gasteiger charge is 2.34. The van der Waals surface area contributed by atoms with Gasteiger partial charge < -0.3 is 9.64 Å². The minimum absolute atomic E-state index is 0.0444. The number of hydrogen-bond acceptors (Lipinski definition) is 4. The van der Waals surface area contributed by atoms with E-state index in [1.54, 1.807) is 24.1 Å². The minimum Gasteiger partial charge on any atom is -0.495 e. The smallest absolute Gasteiger partial charge is 0.254 e. The van der Waals surface area contributed by atoms with Crippen LogP contribution in [0, 0.1) is 11.8 Å². The molecule has 0 spiro atoms. The van der Waals surface area contributed by atoms with Gasteiger partial charge in [0.15, 0.2) is 0 Å². The molecule has 0 saturated carbocycles. The minimum atomic E-state index is -3.79. The van der Waals surface area contributed by atoms with Gasteiger partial charge in [0.2, 0.25) is 10.0 Å². The highest BCUT2D eigenvalue weighted by atomic mass is 32.2. The Morgan fingerprint density at radius 1 is 1.10 bits per heavy atom. The van der Waals surface area contributed by atoms with E-state index in [0.29, 0.717) is 18.7 Å². The van der Waals surface area contributed by atoms with Crippen molar-refractivity contribution in [3.63, 3.8) is 0 Å². The maximum atomic E-state index is 13.5. The van der Waals surface area contributed by atoms with Gasteiger partial charge in [0.05, 0.1) is 13.2 Å². The predicted molar refractivity (Wildman–Crippen MR) is 122 cm³/mol. The molecule has 3 rings (SSSR count). The van der Waals surface area contributed by atoms with Crippen LogP contribution in [0.15, 0.2) is 53.4 Å². The molecule has 0 aromatic heterocycles. The second kappa shape index (κ2) is 9.40. The summed E-state index contributed by atoms with van der Waals surface area (Å²) in [6, 6.07) is 14.2. The van der Waals surface area contributed by atoms with Crippen molar-refractivity contribution < 1.29 is 17.9 Å². The number of rotatable bonds is 6. The van der Waals surface area contributed by atoms with E-state index in [-0.39, 0.29) is 34.4 Å². The molecule has 1 amide bonds. The van der Waals surface area contributed by atoms with Gasteiger partial charge in [0.1, 0.15) is 10.6 Å². The molecule has 1 saturated heterocycles. The first kappa shape index (κ1) is 23.3. The number of benzene rings is 2. The highest BCUT2D eigenvalue weighted by Crippen LogP contribution is 2.32. The summed E-state index contributed by atoms with van der Waals surface area (Å²) in [5.41, 5.74) is 1.33. The molecule has 2 aromatic carbocycles. The van der Waals surface area contributed by atoms with Crippen molar-refractivity contribution in [2.45, 2.75) is 38.1 Å². The van der Waals surface area contributed by atoms with Gasteiger partial charge in [-0.25, -0.2) is 8.42 Å². The first-order valence-electron chi connectivity index (χ1n) is 10.7. The molecule has 7 heteroatoms. The predicted octanol–water partition coefficient (Wildman–Crippen LogP) is 4.20. The molecule has 0 bridgehead atoms. The van der Waals surface area contributed by atoms with Crippen LogP contribution in [0.2, 0.25) is 0 Å². The number of carbonyl (C=O) groups is 1. The Labute approximate surface area is 185 Å². The monoisotopic (exact) mass is 444 g/mol. The quantitative estimate of drug-likeness (QED) is 0.670. The Morgan fingerprint density at radius 2 is 1.71 bits per heavy atom. The summed E-state index contributed by atoms with van der Waals surface area (Å²) in [5, 5.41) is 0. The molecule has 3 atom stereocenters. The van der Waals surface area contributed by atoms with E-state index in [2.05, 4.69) is 13.8 Å². The van der Waals surface area contributed by atoms with Crippen LogP contribution in [0.4, 0.5) is 0 Å². The highest BCUT2D eigenvalue weighted by molar-refractivity contribution is 7.89. The number of hydrogen-bond donors (Lipinski definition) is 0. The zero-order valence-corrected chi connectivity index (χ0v) is 19.7. The summed E-state index contributed by atoms with van der Waals surface area (Å²) in [7, 11) is -0.613. The molecule has 1 aliphatic heterocycles. The number of ether oxygens (including phenoxy) is 1. The molecule has 2 aromatic rings. The third-order valence-corrected chi connectivity index (χ3v) is 7.90. The number of nitrogens with zero attached hydrogens (tertiary/aromatic N) is 2. The number of amides is 1. The lowest BCUT2D eigenvalue weighted by atomic mass is 9.94. The van der Waals surface area contributed by atoms with E-state index in [4.69, 9.17) is 4.74 Å². The van der Waals surface area contributed by atoms with Crippen molar-refractivity contribution in [2.75, 3.05) is 27.2 Å². The average molecular weight is 445 g/mol. The van der Waals surface area contributed by atoms with Crippen LogP contribution in [0.1, 0.15) is 49.2 Å². The van der Waals surface area contributed by atoms with Gasteiger partial charge in [-0.2, -0.15) is 4.31 Å². The van der Waals surface area contributed by atoms with E-state index in [1.807, 2.05) is 37.3 Å². The lowest BCUT2D eigenvalue weighted by Gasteiger charge is -2.34. The normalized spacial score (nSPS) is 20.8. The number of methoxy groups -OCH3 is 1. The molecule has 1 aliphatic rings. The topological polar surface area (TPSA) is 66.9 Å². The third-order valence-electron chi connectivity index (χ3n) is 6.05. The summed E-state index contributed by atoms with van der Waals surface area (Å²) < 4.78 is 33.8. The Hall–Kier alpha value is -2.38. The average Bonchev–Trinajstić information content (AvgIpc) is 2.77. The fraction of sp³-hybridized carbons (Fsp3) is 0.458. The molecular formula is C24H32N2O4S. The molecular weight excluding hydrogens is 412 g/mol. The lowest BCUT2D eigenvalue weighted by molar-refractivity contribution is 0.0742. The molecule has 0 aliphatic carbocycles. The largest absolute Gasteiger partial charge is 0.495 e. The molecule has 1 heterocycles. The maximum absolute atomic E-state index is 13.5. The van der Waals surface area contributed by atoms with E-state index in [0.717, 1.165) is 12.0 Å². The Kier molecular flexibility index (Phi) is 7.06. The van der Waals surface area contributed by atoms with Gasteiger partial charge in [0.25, 0.3) is 5.91 Å². The van der Waals surface area contributed by atoms with Crippen LogP contribution in [-0.2, 0) is 10.0 Å². The van der Waals surface area contributed by atoms with E-state index in [9.17, 15) is 13.2 Å². The van der Waals surface area contributed by atoms with Crippen LogP contribution in [0.25, 0.3) is 0 Å². The zero-order chi connectivity index (χ0) is 22.8. The van der Waals surface area contributed by atoms with Crippen molar-refractivity contribution in [1.29, 1.82) is 0 Å². The standard InChI is InChI=1S/C24H32N2O4S/c1-17-13-18(2)16-26(15-17)31(28,29)23-14-21(11-12-22(23)30-5)24(27)25(4)19(3)20-9-7-6-8-10-20/h6-12,14,17-19H,13,15-16H2,1-5H3. The molecule has 0 N–H and O–H groups in total. The molecule has 3 unspecified atom stereocenters. The van der Waals surface area contributed by atoms with E-state index in [1.165, 1.54) is 17.5 Å². The van der Waals surface area contributed by atoms with Crippen LogP contribution in [-0.4, -0.2) is 50.8 Å². The van der Waals surface area contributed by atoms with Crippen molar-refractivity contribution in [3.8, 4) is 5.75 Å². The third kappa shape index (κ3) is 4.93. The number of carbonyl (C=O) groups excluding carboxylic acids is 1. The maximum Gasteiger partial charge on any atom is 0.254 e. The van der Waals surface area contributed by atoms with E-state index >= 15 is 0 Å². The number of sulfonamides is 1. The van der Waals surface area contributed by atoms with Crippen LogP contribution in [0.3, 0.4) is 0 Å². The first-order chi connectivity index (χ1) is 14.6. The second-order valence-electron chi connectivity index (χ2n) is 8.64. The van der Waals surface area contributed by atoms with Gasteiger partial charge in [-0.05, 0) is 48.9 Å². The van der Waals surface area contributed by atoms with Gasteiger partial charge in [-0.3, -0.25) is 4.79 Å². The summed E-state index contributed by atoms with van der Waals surface area (Å²) in [6.45, 7) is 7.02. The Balaban J connectivity index is 1.94. The summed E-state index contributed by atoms with van der Waals surface area (Å²) >= 11 is 0. The second-order valence-corrected chi connectivity index (χ2v) is 10.5. The summed E-state index contributed by atoms with van der Waals surface area (Å²) in [5.74, 6) is 0.580. The fourth-order valence-corrected chi connectivity index (χ4v) is 6.15. The van der Waals surface area contributed by atoms with Crippen molar-refractivity contribution in [1.82, 2.24) is 9.21 Å². The molecule has 31 heavy (non-hydrogen) atoms. The van der Waals surface area contributed by atoms with Crippen LogP contribution < -0.4 is 4.74 Å². The lowest BCUT2D eigenvalue weighted by Crippen LogP contribution is -2.42. The summed E-state index contributed by atoms with van der Waals surface area (Å²) in [4.78, 5) is 14.9. The fourth-order valence-electron chi connectivity index (χ4n) is 4.29.